The van der Waals surface area contributed by atoms with Crippen molar-refractivity contribution >= 4 is 33.6 Å². The van der Waals surface area contributed by atoms with Crippen LogP contribution in [0.5, 0.6) is 5.75 Å². The largest absolute Gasteiger partial charge is 0.484 e. The van der Waals surface area contributed by atoms with E-state index in [1.807, 2.05) is 0 Å². The molecule has 3 rings (SSSR count). The van der Waals surface area contributed by atoms with E-state index in [1.165, 1.54) is 19.6 Å². The molecule has 0 saturated carbocycles. The van der Waals surface area contributed by atoms with Crippen LogP contribution in [0.1, 0.15) is 27.7 Å². The van der Waals surface area contributed by atoms with E-state index in [-0.39, 0.29) is 5.57 Å². The number of amides is 2. The Morgan fingerprint density at radius 1 is 1.11 bits per heavy atom. The second-order valence-electron chi connectivity index (χ2n) is 8.21. The zero-order valence-electron chi connectivity index (χ0n) is 21.3. The SMILES string of the molecule is CC(=O)OCC1=C(C(=O)O)N2C(=O)[C@H](NC(=O)COc3ccccc3)[C@@H]2S(=O)(=O)C1.CCN(CC)CC. The summed E-state index contributed by atoms with van der Waals surface area (Å²) in [7, 11) is -4.05. The number of carboxylic acids is 1. The lowest BCUT2D eigenvalue weighted by molar-refractivity contribution is -0.151. The van der Waals surface area contributed by atoms with E-state index in [9.17, 15) is 32.7 Å². The molecule has 0 aromatic heterocycles. The van der Waals surface area contributed by atoms with E-state index in [4.69, 9.17) is 9.47 Å². The van der Waals surface area contributed by atoms with Crippen LogP contribution in [0.25, 0.3) is 0 Å². The monoisotopic (exact) mass is 539 g/mol. The summed E-state index contributed by atoms with van der Waals surface area (Å²) in [4.78, 5) is 50.2. The Morgan fingerprint density at radius 3 is 2.19 bits per heavy atom. The minimum Gasteiger partial charge on any atom is -0.484 e. The average molecular weight is 540 g/mol. The van der Waals surface area contributed by atoms with Crippen molar-refractivity contribution in [3.63, 3.8) is 0 Å². The maximum Gasteiger partial charge on any atom is 0.352 e. The van der Waals surface area contributed by atoms with Crippen LogP contribution in [0.4, 0.5) is 0 Å². The molecule has 2 amide bonds. The van der Waals surface area contributed by atoms with E-state index in [1.54, 1.807) is 30.3 Å². The van der Waals surface area contributed by atoms with Gasteiger partial charge in [0.15, 0.2) is 21.8 Å². The molecule has 2 atom stereocenters. The van der Waals surface area contributed by atoms with Gasteiger partial charge in [-0.05, 0) is 31.8 Å². The molecule has 2 heterocycles. The average Bonchev–Trinajstić information content (AvgIpc) is 2.86. The number of hydrogen-bond acceptors (Lipinski definition) is 9. The standard InChI is InChI=1S/C18H18N2O9S.C6H15N/c1-10(21)28-7-11-9-30(26,27)17-14(16(23)20(17)15(11)18(24)25)19-13(22)8-29-12-5-3-2-4-6-12;1-4-7(5-2)6-3/h2-6,14,17H,7-9H2,1H3,(H,19,22)(H,24,25);4-6H2,1-3H3/t14-,17-;/m0./s1. The zero-order valence-corrected chi connectivity index (χ0v) is 22.1. The second kappa shape index (κ2) is 13.2. The molecule has 13 heteroatoms. The van der Waals surface area contributed by atoms with Gasteiger partial charge in [-0.25, -0.2) is 13.2 Å². The Hall–Kier alpha value is -3.45. The van der Waals surface area contributed by atoms with Gasteiger partial charge in [0.1, 0.15) is 24.1 Å². The number of para-hydroxylation sites is 1. The number of β-lactam (4-membered cyclic amide) rings is 1. The number of carboxylic acid groups (broad SMARTS) is 1. The van der Waals surface area contributed by atoms with Crippen molar-refractivity contribution in [1.29, 1.82) is 0 Å². The number of hydrogen-bond donors (Lipinski definition) is 2. The Kier molecular flexibility index (Phi) is 10.6. The van der Waals surface area contributed by atoms with Crippen molar-refractivity contribution in [2.75, 3.05) is 38.6 Å². The maximum atomic E-state index is 12.6. The van der Waals surface area contributed by atoms with Crippen molar-refractivity contribution < 1.29 is 42.2 Å². The van der Waals surface area contributed by atoms with Gasteiger partial charge < -0.3 is 24.8 Å². The van der Waals surface area contributed by atoms with Crippen LogP contribution in [-0.2, 0) is 33.8 Å². The topological polar surface area (TPSA) is 160 Å². The van der Waals surface area contributed by atoms with Crippen LogP contribution in [0, 0.1) is 0 Å². The van der Waals surface area contributed by atoms with Crippen LogP contribution in [0.15, 0.2) is 41.6 Å². The third-order valence-corrected chi connectivity index (χ3v) is 7.76. The van der Waals surface area contributed by atoms with E-state index >= 15 is 0 Å². The van der Waals surface area contributed by atoms with Gasteiger partial charge in [-0.3, -0.25) is 19.3 Å². The summed E-state index contributed by atoms with van der Waals surface area (Å²) in [5, 5.41) is 10.2. The highest BCUT2D eigenvalue weighted by Gasteiger charge is 2.60. The molecule has 37 heavy (non-hydrogen) atoms. The minimum atomic E-state index is -4.05. The summed E-state index contributed by atoms with van der Waals surface area (Å²) in [5.41, 5.74) is -0.786. The summed E-state index contributed by atoms with van der Waals surface area (Å²) in [6, 6.07) is 6.94. The first-order valence-corrected chi connectivity index (χ1v) is 13.5. The highest BCUT2D eigenvalue weighted by atomic mass is 32.2. The van der Waals surface area contributed by atoms with Gasteiger partial charge in [-0.1, -0.05) is 39.0 Å². The Labute approximate surface area is 216 Å². The summed E-state index contributed by atoms with van der Waals surface area (Å²) in [6.07, 6.45) is 0. The first-order valence-electron chi connectivity index (χ1n) is 11.8. The number of sulfone groups is 1. The number of aliphatic carboxylic acids is 1. The van der Waals surface area contributed by atoms with Gasteiger partial charge in [0.25, 0.3) is 11.8 Å². The summed E-state index contributed by atoms with van der Waals surface area (Å²) in [5.74, 6) is -4.21. The number of benzene rings is 1. The number of carbonyl (C=O) groups excluding carboxylic acids is 3. The van der Waals surface area contributed by atoms with Crippen molar-refractivity contribution in [3.8, 4) is 5.75 Å². The lowest BCUT2D eigenvalue weighted by Gasteiger charge is -2.48. The van der Waals surface area contributed by atoms with Crippen LogP contribution in [-0.4, -0.2) is 97.1 Å². The Morgan fingerprint density at radius 2 is 1.70 bits per heavy atom. The van der Waals surface area contributed by atoms with Crippen molar-refractivity contribution in [2.24, 2.45) is 0 Å². The second-order valence-corrected chi connectivity index (χ2v) is 10.3. The molecule has 1 aromatic carbocycles. The fourth-order valence-electron chi connectivity index (χ4n) is 3.87. The molecule has 1 saturated heterocycles. The third kappa shape index (κ3) is 7.52. The predicted molar refractivity (Wildman–Crippen MR) is 133 cm³/mol. The lowest BCUT2D eigenvalue weighted by Crippen LogP contribution is -2.75. The van der Waals surface area contributed by atoms with E-state index < -0.39 is 69.7 Å². The normalized spacial score (nSPS) is 19.7. The molecule has 0 aliphatic carbocycles. The number of fused-ring (bicyclic) bond motifs is 1. The molecule has 2 aliphatic heterocycles. The lowest BCUT2D eigenvalue weighted by atomic mass is 10.0. The van der Waals surface area contributed by atoms with Crippen LogP contribution >= 0.6 is 0 Å². The third-order valence-electron chi connectivity index (χ3n) is 5.79. The van der Waals surface area contributed by atoms with E-state index in [2.05, 4.69) is 31.0 Å². The summed E-state index contributed by atoms with van der Waals surface area (Å²) < 4.78 is 35.2. The fourth-order valence-corrected chi connectivity index (χ4v) is 5.88. The molecule has 0 radical (unpaired) electrons. The van der Waals surface area contributed by atoms with Crippen LogP contribution in [0.2, 0.25) is 0 Å². The van der Waals surface area contributed by atoms with Gasteiger partial charge in [0.2, 0.25) is 0 Å². The van der Waals surface area contributed by atoms with Crippen LogP contribution in [0.3, 0.4) is 0 Å². The Bertz CT molecular complexity index is 1130. The molecular formula is C24H33N3O9S. The zero-order chi connectivity index (χ0) is 27.8. The molecular weight excluding hydrogens is 506 g/mol. The number of carbonyl (C=O) groups is 4. The maximum absolute atomic E-state index is 12.6. The number of ether oxygens (including phenoxy) is 2. The molecule has 2 N–H and O–H groups in total. The molecule has 12 nitrogen and oxygen atoms in total. The van der Waals surface area contributed by atoms with E-state index in [0.29, 0.717) is 10.6 Å². The number of nitrogens with one attached hydrogen (secondary N) is 1. The van der Waals surface area contributed by atoms with Gasteiger partial charge in [0, 0.05) is 12.5 Å². The molecule has 0 spiro atoms. The van der Waals surface area contributed by atoms with E-state index in [0.717, 1.165) is 6.92 Å². The fraction of sp³-hybridized carbons (Fsp3) is 0.500. The molecule has 1 aromatic rings. The quantitative estimate of drug-likeness (QED) is 0.315. The number of rotatable bonds is 10. The predicted octanol–water partition coefficient (Wildman–Crippen LogP) is 0.397. The molecule has 2 aliphatic rings. The molecule has 0 unspecified atom stereocenters. The first kappa shape index (κ1) is 29.8. The van der Waals surface area contributed by atoms with Crippen molar-refractivity contribution in [1.82, 2.24) is 15.1 Å². The summed E-state index contributed by atoms with van der Waals surface area (Å²) >= 11 is 0. The Balaban J connectivity index is 0.000000604. The van der Waals surface area contributed by atoms with Gasteiger partial charge in [-0.15, -0.1) is 0 Å². The molecule has 0 bridgehead atoms. The molecule has 1 fully saturated rings. The summed E-state index contributed by atoms with van der Waals surface area (Å²) in [6.45, 7) is 10.2. The van der Waals surface area contributed by atoms with Gasteiger partial charge in [0.05, 0.1) is 5.75 Å². The van der Waals surface area contributed by atoms with Crippen molar-refractivity contribution in [2.45, 2.75) is 39.1 Å². The molecule has 204 valence electrons. The van der Waals surface area contributed by atoms with Gasteiger partial charge >= 0.3 is 11.9 Å². The van der Waals surface area contributed by atoms with Gasteiger partial charge in [-0.2, -0.15) is 0 Å². The number of nitrogens with zero attached hydrogens (tertiary/aromatic N) is 2. The highest BCUT2D eigenvalue weighted by Crippen LogP contribution is 2.36. The first-order chi connectivity index (χ1) is 17.5. The van der Waals surface area contributed by atoms with Crippen LogP contribution < -0.4 is 10.1 Å². The number of esters is 1. The smallest absolute Gasteiger partial charge is 0.352 e. The highest BCUT2D eigenvalue weighted by molar-refractivity contribution is 7.92. The minimum absolute atomic E-state index is 0.223. The van der Waals surface area contributed by atoms with Crippen molar-refractivity contribution in [3.05, 3.63) is 41.6 Å².